The Morgan fingerprint density at radius 2 is 1.42 bits per heavy atom. The van der Waals surface area contributed by atoms with Gasteiger partial charge in [-0.3, -0.25) is 29.2 Å². The number of ketones is 1. The third-order valence-corrected chi connectivity index (χ3v) is 9.59. The summed E-state index contributed by atoms with van der Waals surface area (Å²) in [6, 6.07) is 40.9. The molecule has 1 saturated heterocycles. The van der Waals surface area contributed by atoms with Crippen LogP contribution < -0.4 is 14.8 Å². The van der Waals surface area contributed by atoms with Gasteiger partial charge in [-0.2, -0.15) is 15.2 Å². The Morgan fingerprint density at radius 1 is 0.825 bits per heavy atom. The summed E-state index contributed by atoms with van der Waals surface area (Å²) in [4.78, 5) is 54.5. The molecule has 288 valence electrons. The molecular weight excluding hydrogens is 727 g/mol. The third kappa shape index (κ3) is 8.50. The van der Waals surface area contributed by atoms with Crippen molar-refractivity contribution in [3.05, 3.63) is 144 Å². The van der Waals surface area contributed by atoms with Crippen LogP contribution in [0.4, 0.5) is 5.95 Å². The topological polar surface area (TPSA) is 182 Å². The highest BCUT2D eigenvalue weighted by Crippen LogP contribution is 2.45. The maximum absolute atomic E-state index is 13.9. The van der Waals surface area contributed by atoms with Gasteiger partial charge in [0.15, 0.2) is 23.6 Å². The summed E-state index contributed by atoms with van der Waals surface area (Å²) >= 11 is 0. The van der Waals surface area contributed by atoms with Crippen LogP contribution in [0, 0.1) is 11.3 Å². The number of carbonyl (C=O) groups excluding carboxylic acids is 2. The van der Waals surface area contributed by atoms with Gasteiger partial charge in [-0.15, -0.1) is 0 Å². The fourth-order valence-corrected chi connectivity index (χ4v) is 7.10. The number of aliphatic carboxylic acids is 1. The molecule has 7 rings (SSSR count). The van der Waals surface area contributed by atoms with Crippen LogP contribution >= 0.6 is 0 Å². The van der Waals surface area contributed by atoms with E-state index < -0.39 is 29.7 Å². The van der Waals surface area contributed by atoms with Gasteiger partial charge in [0.05, 0.1) is 30.8 Å². The lowest BCUT2D eigenvalue weighted by atomic mass is 9.75. The summed E-state index contributed by atoms with van der Waals surface area (Å²) in [7, 11) is 0. The fourth-order valence-electron chi connectivity index (χ4n) is 7.10. The molecule has 1 aliphatic rings. The number of Topliss-reactive ketones (excluding diaryl/α,β-unsaturated/α-hetero) is 1. The van der Waals surface area contributed by atoms with Crippen molar-refractivity contribution in [1.82, 2.24) is 24.4 Å². The molecule has 2 atom stereocenters. The Morgan fingerprint density at radius 3 is 2.00 bits per heavy atom. The van der Waals surface area contributed by atoms with E-state index in [0.29, 0.717) is 5.75 Å². The summed E-state index contributed by atoms with van der Waals surface area (Å²) in [5.41, 5.74) is 2.33. The number of benzene rings is 4. The number of carboxylic acid groups (broad SMARTS) is 1. The molecular formula is C43H39N7O7. The maximum atomic E-state index is 13.9. The molecule has 0 spiro atoms. The van der Waals surface area contributed by atoms with Crippen LogP contribution in [-0.4, -0.2) is 79.6 Å². The Bertz CT molecular complexity index is 2260. The first-order valence-electron chi connectivity index (χ1n) is 18.4. The molecule has 0 radical (unpaired) electrons. The lowest BCUT2D eigenvalue weighted by molar-refractivity contribution is -0.161. The monoisotopic (exact) mass is 765 g/mol. The molecule has 1 fully saturated rings. The molecule has 14 nitrogen and oxygen atoms in total. The number of para-hydroxylation sites is 1. The molecule has 2 aromatic heterocycles. The lowest BCUT2D eigenvalue weighted by Crippen LogP contribution is -2.58. The van der Waals surface area contributed by atoms with Gasteiger partial charge in [0.2, 0.25) is 11.8 Å². The number of fused-ring (bicyclic) bond motifs is 1. The minimum atomic E-state index is -1.09. The summed E-state index contributed by atoms with van der Waals surface area (Å²) in [5, 5.41) is 21.4. The first kappa shape index (κ1) is 38.3. The highest BCUT2D eigenvalue weighted by molar-refractivity contribution is 5.91. The Kier molecular flexibility index (Phi) is 11.9. The molecule has 6 aromatic rings. The van der Waals surface area contributed by atoms with Crippen molar-refractivity contribution in [1.29, 1.82) is 5.26 Å². The van der Waals surface area contributed by atoms with E-state index in [-0.39, 0.29) is 74.3 Å². The van der Waals surface area contributed by atoms with Crippen LogP contribution in [0.25, 0.3) is 11.2 Å². The van der Waals surface area contributed by atoms with E-state index in [1.165, 1.54) is 6.33 Å². The molecule has 3 heterocycles. The lowest BCUT2D eigenvalue weighted by Gasteiger charge is -2.50. The number of rotatable bonds is 16. The zero-order valence-corrected chi connectivity index (χ0v) is 30.8. The molecule has 57 heavy (non-hydrogen) atoms. The third-order valence-electron chi connectivity index (χ3n) is 9.59. The highest BCUT2D eigenvalue weighted by atomic mass is 16.5. The zero-order chi connectivity index (χ0) is 39.6. The minimum Gasteiger partial charge on any atom is -0.484 e. The van der Waals surface area contributed by atoms with Crippen molar-refractivity contribution in [2.24, 2.45) is 0 Å². The van der Waals surface area contributed by atoms with Crippen molar-refractivity contribution in [3.8, 4) is 17.7 Å². The van der Waals surface area contributed by atoms with Crippen LogP contribution in [-0.2, 0) is 24.7 Å². The number of hydrogen-bond acceptors (Lipinski definition) is 11. The van der Waals surface area contributed by atoms with Crippen molar-refractivity contribution in [2.45, 2.75) is 37.1 Å². The SMILES string of the molecule is N#CCCOc1nc(NC(=O)COc2ccccc2)nc2c1ncn2[C@H]1CN(C(c2ccccc2)(c2ccccc2)c2ccccc2)C[C@@H](C(=O)CCC(=O)O)O1. The molecule has 0 aliphatic carbocycles. The van der Waals surface area contributed by atoms with Crippen LogP contribution in [0.15, 0.2) is 128 Å². The van der Waals surface area contributed by atoms with Crippen LogP contribution in [0.3, 0.4) is 0 Å². The normalized spacial score (nSPS) is 15.7. The van der Waals surface area contributed by atoms with Crippen LogP contribution in [0.1, 0.15) is 42.2 Å². The Balaban J connectivity index is 1.33. The van der Waals surface area contributed by atoms with Gasteiger partial charge in [0.1, 0.15) is 24.7 Å². The number of ether oxygens (including phenoxy) is 3. The molecule has 0 saturated carbocycles. The van der Waals surface area contributed by atoms with E-state index in [1.54, 1.807) is 28.8 Å². The number of imidazole rings is 1. The molecule has 14 heteroatoms. The number of nitrogens with one attached hydrogen (secondary N) is 1. The number of carboxylic acids is 1. The van der Waals surface area contributed by atoms with Gasteiger partial charge in [-0.05, 0) is 28.8 Å². The summed E-state index contributed by atoms with van der Waals surface area (Å²) in [6.45, 7) is 0.00678. The first-order valence-corrected chi connectivity index (χ1v) is 18.4. The number of anilines is 1. The van der Waals surface area contributed by atoms with E-state index in [2.05, 4.69) is 25.2 Å². The quantitative estimate of drug-likeness (QED) is 0.0899. The predicted octanol–water partition coefficient (Wildman–Crippen LogP) is 5.76. The Labute approximate surface area is 328 Å². The van der Waals surface area contributed by atoms with Crippen molar-refractivity contribution in [3.63, 3.8) is 0 Å². The molecule has 4 aromatic carbocycles. The molecule has 2 N–H and O–H groups in total. The Hall–Kier alpha value is -6.95. The van der Waals surface area contributed by atoms with Crippen LogP contribution in [0.5, 0.6) is 11.6 Å². The summed E-state index contributed by atoms with van der Waals surface area (Å²) in [6.07, 6.45) is -0.987. The minimum absolute atomic E-state index is 0.00157. The van der Waals surface area contributed by atoms with Crippen molar-refractivity contribution < 1.29 is 33.7 Å². The standard InChI is InChI=1S/C43H39N7O7/c44-24-13-25-55-41-39-40(47-42(48-41)46-36(52)28-56-33-20-11-4-12-21-33)50(29-45-39)37-27-49(26-35(57-37)34(51)22-23-38(53)54)43(30-14-5-1-6-15-30,31-16-7-2-8-17-31)32-18-9-3-10-19-32/h1-12,14-21,29,35,37H,13,22-23,25-28H2,(H,53,54)(H,46,47,48,52)/t35-,37+/m0/s1. The molecule has 1 aliphatic heterocycles. The number of aromatic nitrogens is 4. The van der Waals surface area contributed by atoms with Crippen molar-refractivity contribution >= 4 is 34.8 Å². The highest BCUT2D eigenvalue weighted by Gasteiger charge is 2.47. The predicted molar refractivity (Wildman–Crippen MR) is 208 cm³/mol. The van der Waals surface area contributed by atoms with Gasteiger partial charge >= 0.3 is 5.97 Å². The van der Waals surface area contributed by atoms with E-state index in [0.717, 1.165) is 16.7 Å². The first-order chi connectivity index (χ1) is 27.9. The van der Waals surface area contributed by atoms with Crippen LogP contribution in [0.2, 0.25) is 0 Å². The van der Waals surface area contributed by atoms with Gasteiger partial charge in [-0.25, -0.2) is 4.98 Å². The second-order valence-corrected chi connectivity index (χ2v) is 13.2. The average Bonchev–Trinajstić information content (AvgIpc) is 3.68. The number of amides is 1. The fraction of sp³-hybridized carbons (Fsp3) is 0.233. The number of carbonyl (C=O) groups is 3. The number of morpholine rings is 1. The van der Waals surface area contributed by atoms with E-state index >= 15 is 0 Å². The second kappa shape index (κ2) is 17.7. The molecule has 1 amide bonds. The molecule has 0 bridgehead atoms. The average molecular weight is 766 g/mol. The largest absolute Gasteiger partial charge is 0.484 e. The number of nitriles is 1. The number of hydrogen-bond donors (Lipinski definition) is 2. The van der Waals surface area contributed by atoms with Gasteiger partial charge < -0.3 is 19.3 Å². The van der Waals surface area contributed by atoms with Crippen molar-refractivity contribution in [2.75, 3.05) is 31.6 Å². The van der Waals surface area contributed by atoms with Gasteiger partial charge in [0, 0.05) is 19.5 Å². The molecule has 0 unspecified atom stereocenters. The van der Waals surface area contributed by atoms with Gasteiger partial charge in [0.25, 0.3) is 5.91 Å². The summed E-state index contributed by atoms with van der Waals surface area (Å²) in [5.74, 6) is -1.57. The second-order valence-electron chi connectivity index (χ2n) is 13.2. The van der Waals surface area contributed by atoms with Gasteiger partial charge in [-0.1, -0.05) is 109 Å². The zero-order valence-electron chi connectivity index (χ0n) is 30.8. The van der Waals surface area contributed by atoms with E-state index in [9.17, 15) is 24.8 Å². The smallest absolute Gasteiger partial charge is 0.303 e. The van der Waals surface area contributed by atoms with E-state index in [4.69, 9.17) is 14.2 Å². The number of nitrogens with zero attached hydrogens (tertiary/aromatic N) is 6. The summed E-state index contributed by atoms with van der Waals surface area (Å²) < 4.78 is 19.8. The maximum Gasteiger partial charge on any atom is 0.303 e. The van der Waals surface area contributed by atoms with E-state index in [1.807, 2.05) is 103 Å².